The lowest BCUT2D eigenvalue weighted by Crippen LogP contribution is -2.38. The highest BCUT2D eigenvalue weighted by Crippen LogP contribution is 2.24. The van der Waals surface area contributed by atoms with Gasteiger partial charge in [0.2, 0.25) is 0 Å². The van der Waals surface area contributed by atoms with Gasteiger partial charge < -0.3 is 15.4 Å². The summed E-state index contributed by atoms with van der Waals surface area (Å²) in [6.07, 6.45) is 0.765. The molecule has 0 saturated heterocycles. The van der Waals surface area contributed by atoms with Gasteiger partial charge in [0.15, 0.2) is 0 Å². The average Bonchev–Trinajstić information content (AvgIpc) is 2.73. The van der Waals surface area contributed by atoms with E-state index in [1.54, 1.807) is 0 Å². The molecular formula is C17H24N2O2. The number of aryl methyl sites for hydroxylation is 2. The van der Waals surface area contributed by atoms with Crippen LogP contribution >= 0.6 is 0 Å². The van der Waals surface area contributed by atoms with E-state index >= 15 is 0 Å². The van der Waals surface area contributed by atoms with E-state index in [2.05, 4.69) is 24.1 Å². The van der Waals surface area contributed by atoms with Crippen LogP contribution in [0.4, 0.5) is 0 Å². The van der Waals surface area contributed by atoms with Gasteiger partial charge in [-0.25, -0.2) is 0 Å². The molecule has 0 saturated carbocycles. The number of aromatic amines is 1. The third-order valence-electron chi connectivity index (χ3n) is 3.90. The maximum atomic E-state index is 12.5. The van der Waals surface area contributed by atoms with Crippen LogP contribution in [0, 0.1) is 19.8 Å². The highest BCUT2D eigenvalue weighted by atomic mass is 16.3. The topological polar surface area (TPSA) is 65.1 Å². The third kappa shape index (κ3) is 3.27. The lowest BCUT2D eigenvalue weighted by molar-refractivity contribution is 0.0910. The van der Waals surface area contributed by atoms with Crippen molar-refractivity contribution in [1.29, 1.82) is 0 Å². The zero-order valence-electron chi connectivity index (χ0n) is 13.2. The van der Waals surface area contributed by atoms with Crippen LogP contribution < -0.4 is 5.32 Å². The van der Waals surface area contributed by atoms with E-state index in [-0.39, 0.29) is 18.6 Å². The Morgan fingerprint density at radius 2 is 2.05 bits per heavy atom. The van der Waals surface area contributed by atoms with Crippen LogP contribution in [0.1, 0.15) is 41.9 Å². The quantitative estimate of drug-likeness (QED) is 0.792. The second kappa shape index (κ2) is 6.31. The Bertz CT molecular complexity index is 644. The number of carbonyl (C=O) groups is 1. The van der Waals surface area contributed by atoms with Crippen molar-refractivity contribution in [1.82, 2.24) is 10.3 Å². The molecule has 1 aromatic heterocycles. The number of rotatable bonds is 5. The number of aromatic nitrogens is 1. The number of aliphatic hydroxyl groups is 1. The van der Waals surface area contributed by atoms with Crippen LogP contribution in [0.2, 0.25) is 0 Å². The fourth-order valence-corrected chi connectivity index (χ4v) is 2.68. The maximum Gasteiger partial charge on any atom is 0.253 e. The van der Waals surface area contributed by atoms with Gasteiger partial charge in [0, 0.05) is 11.1 Å². The number of aliphatic hydroxyl groups excluding tert-OH is 1. The van der Waals surface area contributed by atoms with E-state index in [9.17, 15) is 9.90 Å². The molecule has 21 heavy (non-hydrogen) atoms. The Kier molecular flexibility index (Phi) is 4.68. The van der Waals surface area contributed by atoms with Crippen molar-refractivity contribution in [3.05, 3.63) is 35.0 Å². The van der Waals surface area contributed by atoms with Crippen LogP contribution in [0.5, 0.6) is 0 Å². The summed E-state index contributed by atoms with van der Waals surface area (Å²) in [5.41, 5.74) is 3.74. The first-order valence-electron chi connectivity index (χ1n) is 7.43. The summed E-state index contributed by atoms with van der Waals surface area (Å²) in [4.78, 5) is 15.8. The first kappa shape index (κ1) is 15.6. The van der Waals surface area contributed by atoms with Crippen molar-refractivity contribution in [2.75, 3.05) is 6.61 Å². The minimum Gasteiger partial charge on any atom is -0.394 e. The van der Waals surface area contributed by atoms with Crippen molar-refractivity contribution < 1.29 is 9.90 Å². The smallest absolute Gasteiger partial charge is 0.253 e. The molecule has 0 aliphatic heterocycles. The van der Waals surface area contributed by atoms with Gasteiger partial charge in [-0.3, -0.25) is 4.79 Å². The van der Waals surface area contributed by atoms with Gasteiger partial charge in [0.25, 0.3) is 5.91 Å². The molecule has 2 rings (SSSR count). The molecule has 1 amide bonds. The predicted molar refractivity (Wildman–Crippen MR) is 85.6 cm³/mol. The monoisotopic (exact) mass is 288 g/mol. The molecule has 1 atom stereocenters. The zero-order valence-corrected chi connectivity index (χ0v) is 13.2. The summed E-state index contributed by atoms with van der Waals surface area (Å²) in [6, 6.07) is 5.53. The number of benzene rings is 1. The summed E-state index contributed by atoms with van der Waals surface area (Å²) in [5, 5.41) is 13.4. The zero-order chi connectivity index (χ0) is 15.6. The molecule has 3 N–H and O–H groups in total. The summed E-state index contributed by atoms with van der Waals surface area (Å²) in [6.45, 7) is 8.17. The lowest BCUT2D eigenvalue weighted by atomic mass is 10.0. The third-order valence-corrected chi connectivity index (χ3v) is 3.90. The molecule has 0 fully saturated rings. The minimum atomic E-state index is -0.204. The fourth-order valence-electron chi connectivity index (χ4n) is 2.68. The molecule has 0 aliphatic rings. The number of amides is 1. The summed E-state index contributed by atoms with van der Waals surface area (Å²) >= 11 is 0. The second-order valence-corrected chi connectivity index (χ2v) is 6.09. The Morgan fingerprint density at radius 3 is 2.67 bits per heavy atom. The first-order valence-corrected chi connectivity index (χ1v) is 7.43. The summed E-state index contributed by atoms with van der Waals surface area (Å²) in [7, 11) is 0. The second-order valence-electron chi connectivity index (χ2n) is 6.09. The molecule has 0 bridgehead atoms. The number of hydrogen-bond acceptors (Lipinski definition) is 2. The molecule has 1 heterocycles. The number of nitrogens with one attached hydrogen (secondary N) is 2. The molecule has 0 aliphatic carbocycles. The van der Waals surface area contributed by atoms with Crippen molar-refractivity contribution in [2.45, 2.75) is 40.2 Å². The Balaban J connectivity index is 2.29. The average molecular weight is 288 g/mol. The molecule has 4 nitrogen and oxygen atoms in total. The van der Waals surface area contributed by atoms with Gasteiger partial charge in [0.05, 0.1) is 23.7 Å². The molecular weight excluding hydrogens is 264 g/mol. The van der Waals surface area contributed by atoms with E-state index in [1.165, 1.54) is 5.56 Å². The standard InChI is InChI=1S/C17H24N2O2/c1-10(2)8-13(9-20)19-17(21)15-7-5-6-14-11(3)12(4)18-16(14)15/h5-7,10,13,18,20H,8-9H2,1-4H3,(H,19,21). The Hall–Kier alpha value is -1.81. The Morgan fingerprint density at radius 1 is 1.33 bits per heavy atom. The summed E-state index contributed by atoms with van der Waals surface area (Å²) in [5.74, 6) is 0.287. The number of para-hydroxylation sites is 1. The molecule has 4 heteroatoms. The van der Waals surface area contributed by atoms with E-state index in [4.69, 9.17) is 0 Å². The van der Waals surface area contributed by atoms with Gasteiger partial charge in [0.1, 0.15) is 0 Å². The van der Waals surface area contributed by atoms with E-state index in [0.29, 0.717) is 11.5 Å². The van der Waals surface area contributed by atoms with Gasteiger partial charge in [-0.05, 0) is 37.8 Å². The largest absolute Gasteiger partial charge is 0.394 e. The van der Waals surface area contributed by atoms with Crippen LogP contribution in [0.3, 0.4) is 0 Å². The van der Waals surface area contributed by atoms with E-state index in [0.717, 1.165) is 23.0 Å². The van der Waals surface area contributed by atoms with E-state index in [1.807, 2.05) is 32.0 Å². The van der Waals surface area contributed by atoms with Crippen molar-refractivity contribution in [3.63, 3.8) is 0 Å². The van der Waals surface area contributed by atoms with Crippen molar-refractivity contribution in [2.24, 2.45) is 5.92 Å². The molecule has 114 valence electrons. The number of H-pyrrole nitrogens is 1. The molecule has 0 spiro atoms. The highest BCUT2D eigenvalue weighted by molar-refractivity contribution is 6.06. The number of fused-ring (bicyclic) bond motifs is 1. The molecule has 1 unspecified atom stereocenters. The van der Waals surface area contributed by atoms with E-state index < -0.39 is 0 Å². The lowest BCUT2D eigenvalue weighted by Gasteiger charge is -2.18. The van der Waals surface area contributed by atoms with Gasteiger partial charge in [-0.2, -0.15) is 0 Å². The normalized spacial score (nSPS) is 12.9. The molecule has 0 radical (unpaired) electrons. The van der Waals surface area contributed by atoms with Gasteiger partial charge >= 0.3 is 0 Å². The molecule has 1 aromatic carbocycles. The van der Waals surface area contributed by atoms with Gasteiger partial charge in [-0.1, -0.05) is 26.0 Å². The minimum absolute atomic E-state index is 0.0390. The van der Waals surface area contributed by atoms with Crippen LogP contribution in [-0.2, 0) is 0 Å². The van der Waals surface area contributed by atoms with Gasteiger partial charge in [-0.15, -0.1) is 0 Å². The van der Waals surface area contributed by atoms with Crippen molar-refractivity contribution in [3.8, 4) is 0 Å². The predicted octanol–water partition coefficient (Wildman–Crippen LogP) is 2.92. The first-order chi connectivity index (χ1) is 9.93. The summed E-state index contributed by atoms with van der Waals surface area (Å²) < 4.78 is 0. The maximum absolute atomic E-state index is 12.5. The fraction of sp³-hybridized carbons (Fsp3) is 0.471. The SMILES string of the molecule is Cc1[nH]c2c(C(=O)NC(CO)CC(C)C)cccc2c1C. The number of carbonyl (C=O) groups excluding carboxylic acids is 1. The number of hydrogen-bond donors (Lipinski definition) is 3. The Labute approximate surface area is 125 Å². The van der Waals surface area contributed by atoms with Crippen LogP contribution in [0.15, 0.2) is 18.2 Å². The van der Waals surface area contributed by atoms with Crippen molar-refractivity contribution >= 4 is 16.8 Å². The highest BCUT2D eigenvalue weighted by Gasteiger charge is 2.17. The van der Waals surface area contributed by atoms with Crippen LogP contribution in [-0.4, -0.2) is 28.6 Å². The van der Waals surface area contributed by atoms with Crippen LogP contribution in [0.25, 0.3) is 10.9 Å². The molecule has 2 aromatic rings.